The zero-order valence-corrected chi connectivity index (χ0v) is 17.4. The van der Waals surface area contributed by atoms with Gasteiger partial charge >= 0.3 is 0 Å². The lowest BCUT2D eigenvalue weighted by molar-refractivity contribution is -0.112. The van der Waals surface area contributed by atoms with Crippen molar-refractivity contribution >= 4 is 17.3 Å². The summed E-state index contributed by atoms with van der Waals surface area (Å²) >= 11 is 0. The number of piperazine rings is 1. The number of nitrogens with zero attached hydrogens (tertiary/aromatic N) is 3. The van der Waals surface area contributed by atoms with Crippen LogP contribution in [0.25, 0.3) is 0 Å². The highest BCUT2D eigenvalue weighted by atomic mass is 16.1. The maximum Gasteiger partial charge on any atom is 0.267 e. The smallest absolute Gasteiger partial charge is 0.267 e. The number of amides is 1. The van der Waals surface area contributed by atoms with Crippen LogP contribution in [0, 0.1) is 18.3 Å². The van der Waals surface area contributed by atoms with Crippen molar-refractivity contribution in [2.24, 2.45) is 0 Å². The predicted octanol–water partition coefficient (Wildman–Crippen LogP) is 4.29. The number of nitriles is 1. The third-order valence-corrected chi connectivity index (χ3v) is 5.19. The molecule has 0 bridgehead atoms. The van der Waals surface area contributed by atoms with Crippen LogP contribution in [0.1, 0.15) is 30.9 Å². The molecule has 0 radical (unpaired) electrons. The number of hydrogen-bond acceptors (Lipinski definition) is 4. The first kappa shape index (κ1) is 20.5. The van der Waals surface area contributed by atoms with Gasteiger partial charge in [0, 0.05) is 43.8 Å². The number of hydrogen-bond donors (Lipinski definition) is 1. The Balaban J connectivity index is 1.59. The van der Waals surface area contributed by atoms with Gasteiger partial charge in [-0.2, -0.15) is 5.26 Å². The van der Waals surface area contributed by atoms with Crippen LogP contribution in [0.5, 0.6) is 0 Å². The molecule has 0 unspecified atom stereocenters. The standard InChI is InChI=1S/C24H28N4O/c1-18(2)20-7-9-22(10-8-20)26-24(29)21(16-25)17-27-11-13-28(14-12-27)23-6-4-5-19(3)15-23/h4-10,15,17-18H,11-14H2,1-3H3,(H,26,29)/b21-17-. The normalized spacial score (nSPS) is 14.7. The Kier molecular flexibility index (Phi) is 6.56. The van der Waals surface area contributed by atoms with Gasteiger partial charge in [0.2, 0.25) is 0 Å². The third-order valence-electron chi connectivity index (χ3n) is 5.19. The first-order valence-corrected chi connectivity index (χ1v) is 10.0. The molecule has 29 heavy (non-hydrogen) atoms. The summed E-state index contributed by atoms with van der Waals surface area (Å²) in [7, 11) is 0. The Morgan fingerprint density at radius 3 is 2.38 bits per heavy atom. The average Bonchev–Trinajstić information content (AvgIpc) is 2.72. The largest absolute Gasteiger partial charge is 0.373 e. The van der Waals surface area contributed by atoms with Crippen LogP contribution in [-0.2, 0) is 4.79 Å². The van der Waals surface area contributed by atoms with Crippen molar-refractivity contribution in [3.8, 4) is 6.07 Å². The molecule has 3 rings (SSSR count). The Morgan fingerprint density at radius 2 is 1.79 bits per heavy atom. The van der Waals surface area contributed by atoms with Crippen LogP contribution in [0.2, 0.25) is 0 Å². The third kappa shape index (κ3) is 5.39. The van der Waals surface area contributed by atoms with Gasteiger partial charge in [0.25, 0.3) is 5.91 Å². The van der Waals surface area contributed by atoms with Gasteiger partial charge in [0.15, 0.2) is 0 Å². The highest BCUT2D eigenvalue weighted by Crippen LogP contribution is 2.19. The molecule has 0 aromatic heterocycles. The Morgan fingerprint density at radius 1 is 1.10 bits per heavy atom. The summed E-state index contributed by atoms with van der Waals surface area (Å²) in [5, 5.41) is 12.3. The van der Waals surface area contributed by atoms with Gasteiger partial charge in [-0.3, -0.25) is 4.79 Å². The van der Waals surface area contributed by atoms with Gasteiger partial charge in [-0.1, -0.05) is 38.1 Å². The molecule has 1 aliphatic heterocycles. The van der Waals surface area contributed by atoms with Crippen molar-refractivity contribution in [3.05, 3.63) is 71.4 Å². The fourth-order valence-corrected chi connectivity index (χ4v) is 3.40. The predicted molar refractivity (Wildman–Crippen MR) is 118 cm³/mol. The van der Waals surface area contributed by atoms with E-state index < -0.39 is 0 Å². The van der Waals surface area contributed by atoms with Crippen molar-refractivity contribution in [2.75, 3.05) is 36.4 Å². The van der Waals surface area contributed by atoms with Gasteiger partial charge < -0.3 is 15.1 Å². The maximum atomic E-state index is 12.5. The molecule has 0 saturated carbocycles. The number of aryl methyl sites for hydroxylation is 1. The van der Waals surface area contributed by atoms with E-state index in [-0.39, 0.29) is 11.5 Å². The molecule has 1 N–H and O–H groups in total. The SMILES string of the molecule is Cc1cccc(N2CCN(/C=C(/C#N)C(=O)Nc3ccc(C(C)C)cc3)CC2)c1. The monoisotopic (exact) mass is 388 g/mol. The van der Waals surface area contributed by atoms with Crippen LogP contribution in [0.3, 0.4) is 0 Å². The number of benzene rings is 2. The van der Waals surface area contributed by atoms with E-state index in [4.69, 9.17) is 0 Å². The van der Waals surface area contributed by atoms with E-state index in [1.807, 2.05) is 35.2 Å². The molecule has 2 aromatic rings. The lowest BCUT2D eigenvalue weighted by Crippen LogP contribution is -2.44. The van der Waals surface area contributed by atoms with Gasteiger partial charge in [-0.25, -0.2) is 0 Å². The summed E-state index contributed by atoms with van der Waals surface area (Å²) in [6.07, 6.45) is 1.69. The number of carbonyl (C=O) groups excluding carboxylic acids is 1. The van der Waals surface area contributed by atoms with Crippen LogP contribution in [0.15, 0.2) is 60.3 Å². The first-order chi connectivity index (χ1) is 14.0. The molecule has 1 amide bonds. The Labute approximate surface area is 173 Å². The molecule has 2 aromatic carbocycles. The fraction of sp³-hybridized carbons (Fsp3) is 0.333. The van der Waals surface area contributed by atoms with Crippen molar-refractivity contribution in [1.82, 2.24) is 4.90 Å². The van der Waals surface area contributed by atoms with E-state index in [1.165, 1.54) is 16.8 Å². The molecule has 0 atom stereocenters. The molecular weight excluding hydrogens is 360 g/mol. The van der Waals surface area contributed by atoms with Gasteiger partial charge in [0.05, 0.1) is 0 Å². The second-order valence-corrected chi connectivity index (χ2v) is 7.75. The van der Waals surface area contributed by atoms with E-state index in [9.17, 15) is 10.1 Å². The summed E-state index contributed by atoms with van der Waals surface area (Å²) in [6.45, 7) is 9.61. The molecular formula is C24H28N4O. The number of nitrogens with one attached hydrogen (secondary N) is 1. The first-order valence-electron chi connectivity index (χ1n) is 10.0. The van der Waals surface area contributed by atoms with E-state index in [0.29, 0.717) is 11.6 Å². The van der Waals surface area contributed by atoms with Crippen LogP contribution in [-0.4, -0.2) is 37.0 Å². The Hall–Kier alpha value is -3.26. The van der Waals surface area contributed by atoms with Crippen LogP contribution in [0.4, 0.5) is 11.4 Å². The second kappa shape index (κ2) is 9.29. The zero-order chi connectivity index (χ0) is 20.8. The van der Waals surface area contributed by atoms with E-state index in [1.54, 1.807) is 6.20 Å². The van der Waals surface area contributed by atoms with E-state index >= 15 is 0 Å². The minimum Gasteiger partial charge on any atom is -0.373 e. The van der Waals surface area contributed by atoms with E-state index in [2.05, 4.69) is 55.3 Å². The van der Waals surface area contributed by atoms with Gasteiger partial charge in [-0.15, -0.1) is 0 Å². The Bertz CT molecular complexity index is 917. The van der Waals surface area contributed by atoms with Crippen LogP contribution >= 0.6 is 0 Å². The highest BCUT2D eigenvalue weighted by molar-refractivity contribution is 6.06. The van der Waals surface area contributed by atoms with Crippen molar-refractivity contribution in [1.29, 1.82) is 5.26 Å². The number of rotatable bonds is 5. The minimum atomic E-state index is -0.370. The number of anilines is 2. The number of carbonyl (C=O) groups is 1. The molecule has 150 valence electrons. The molecule has 1 aliphatic rings. The topological polar surface area (TPSA) is 59.4 Å². The summed E-state index contributed by atoms with van der Waals surface area (Å²) in [5.74, 6) is 0.0682. The molecule has 5 nitrogen and oxygen atoms in total. The molecule has 1 saturated heterocycles. The molecule has 1 heterocycles. The highest BCUT2D eigenvalue weighted by Gasteiger charge is 2.18. The van der Waals surface area contributed by atoms with Crippen molar-refractivity contribution in [3.63, 3.8) is 0 Å². The lowest BCUT2D eigenvalue weighted by Gasteiger charge is -2.35. The summed E-state index contributed by atoms with van der Waals surface area (Å²) in [4.78, 5) is 16.9. The van der Waals surface area contributed by atoms with Gasteiger partial charge in [-0.05, 0) is 48.2 Å². The summed E-state index contributed by atoms with van der Waals surface area (Å²) < 4.78 is 0. The zero-order valence-electron chi connectivity index (χ0n) is 17.4. The molecule has 1 fully saturated rings. The molecule has 0 aliphatic carbocycles. The minimum absolute atomic E-state index is 0.127. The van der Waals surface area contributed by atoms with E-state index in [0.717, 1.165) is 26.2 Å². The summed E-state index contributed by atoms with van der Waals surface area (Å²) in [5.41, 5.74) is 4.50. The second-order valence-electron chi connectivity index (χ2n) is 7.75. The van der Waals surface area contributed by atoms with Crippen molar-refractivity contribution in [2.45, 2.75) is 26.7 Å². The maximum absolute atomic E-state index is 12.5. The molecule has 0 spiro atoms. The lowest BCUT2D eigenvalue weighted by atomic mass is 10.0. The average molecular weight is 389 g/mol. The van der Waals surface area contributed by atoms with Crippen LogP contribution < -0.4 is 10.2 Å². The quantitative estimate of drug-likeness (QED) is 0.613. The van der Waals surface area contributed by atoms with Crippen molar-refractivity contribution < 1.29 is 4.79 Å². The fourth-order valence-electron chi connectivity index (χ4n) is 3.40. The summed E-state index contributed by atoms with van der Waals surface area (Å²) in [6, 6.07) is 18.3. The van der Waals surface area contributed by atoms with Gasteiger partial charge in [0.1, 0.15) is 11.6 Å². The molecule has 5 heteroatoms.